The van der Waals surface area contributed by atoms with Crippen molar-refractivity contribution in [3.05, 3.63) is 0 Å². The van der Waals surface area contributed by atoms with E-state index in [9.17, 15) is 24.0 Å². The molecule has 1 amide bonds. The van der Waals surface area contributed by atoms with Gasteiger partial charge in [0.25, 0.3) is 0 Å². The van der Waals surface area contributed by atoms with Crippen molar-refractivity contribution < 1.29 is 52.4 Å². The number of nitrogens with one attached hydrogen (secondary N) is 1. The topological polar surface area (TPSA) is 153 Å². The van der Waals surface area contributed by atoms with E-state index in [1.807, 2.05) is 0 Å². The van der Waals surface area contributed by atoms with E-state index in [0.29, 0.717) is 0 Å². The maximum Gasteiger partial charge on any atom is 0.303 e. The summed E-state index contributed by atoms with van der Waals surface area (Å²) in [6, 6.07) is -1.04. The fraction of sp³-hybridized carbons (Fsp3) is 0.737. The standard InChI is InChI=1S/C19H29NO11/c1-8(27-10(3)22)14(20-9(2)21)15-16(28-11(4)23)17(29-12(5)24)18(30-13(6)25)19(26-7)31-15/h8,14-19H,1-7H3,(H,20,21)/t8-,14-,15-,16+,17+,18-,19+/m1/s1. The van der Waals surface area contributed by atoms with Crippen LogP contribution in [0.4, 0.5) is 0 Å². The summed E-state index contributed by atoms with van der Waals surface area (Å²) in [5.41, 5.74) is 0. The molecule has 12 heteroatoms. The molecule has 0 aromatic carbocycles. The van der Waals surface area contributed by atoms with Gasteiger partial charge < -0.3 is 33.7 Å². The van der Waals surface area contributed by atoms with Crippen LogP contribution in [0.25, 0.3) is 0 Å². The zero-order valence-electron chi connectivity index (χ0n) is 18.5. The van der Waals surface area contributed by atoms with Gasteiger partial charge in [0.2, 0.25) is 5.91 Å². The lowest BCUT2D eigenvalue weighted by Crippen LogP contribution is -2.68. The minimum atomic E-state index is -1.34. The highest BCUT2D eigenvalue weighted by molar-refractivity contribution is 5.73. The van der Waals surface area contributed by atoms with Gasteiger partial charge in [0.15, 0.2) is 24.6 Å². The zero-order valence-corrected chi connectivity index (χ0v) is 18.5. The third kappa shape index (κ3) is 7.79. The largest absolute Gasteiger partial charge is 0.461 e. The molecule has 1 saturated heterocycles. The molecule has 0 aromatic rings. The molecule has 12 nitrogen and oxygen atoms in total. The van der Waals surface area contributed by atoms with Gasteiger partial charge >= 0.3 is 23.9 Å². The molecule has 1 rings (SSSR count). The normalized spacial score (nSPS) is 27.3. The van der Waals surface area contributed by atoms with Gasteiger partial charge in [-0.3, -0.25) is 24.0 Å². The summed E-state index contributed by atoms with van der Waals surface area (Å²) in [5.74, 6) is -3.34. The van der Waals surface area contributed by atoms with Crippen LogP contribution < -0.4 is 5.32 Å². The van der Waals surface area contributed by atoms with Gasteiger partial charge in [-0.15, -0.1) is 0 Å². The first-order chi connectivity index (χ1) is 14.4. The zero-order chi connectivity index (χ0) is 23.9. The number of rotatable bonds is 8. The van der Waals surface area contributed by atoms with Gasteiger partial charge in [0, 0.05) is 41.7 Å². The molecule has 1 fully saturated rings. The SMILES string of the molecule is CO[C@H]1O[C@H]([C@H](NC(C)=O)[C@@H](C)OC(C)=O)[C@H](OC(C)=O)[C@H](OC(C)=O)[C@H]1OC(C)=O. The van der Waals surface area contributed by atoms with Crippen molar-refractivity contribution in [2.45, 2.75) is 84.4 Å². The Kier molecular flexibility index (Phi) is 9.85. The smallest absolute Gasteiger partial charge is 0.303 e. The molecule has 176 valence electrons. The second kappa shape index (κ2) is 11.6. The van der Waals surface area contributed by atoms with Crippen molar-refractivity contribution in [3.63, 3.8) is 0 Å². The Morgan fingerprint density at radius 3 is 1.68 bits per heavy atom. The van der Waals surface area contributed by atoms with E-state index in [-0.39, 0.29) is 0 Å². The van der Waals surface area contributed by atoms with Crippen LogP contribution in [0.1, 0.15) is 41.5 Å². The quantitative estimate of drug-likeness (QED) is 0.382. The van der Waals surface area contributed by atoms with Crippen LogP contribution in [0.2, 0.25) is 0 Å². The number of ether oxygens (including phenoxy) is 6. The van der Waals surface area contributed by atoms with E-state index in [1.54, 1.807) is 0 Å². The Morgan fingerprint density at radius 2 is 1.26 bits per heavy atom. The van der Waals surface area contributed by atoms with Crippen molar-refractivity contribution in [1.82, 2.24) is 5.32 Å². The first-order valence-electron chi connectivity index (χ1n) is 9.51. The number of amides is 1. The van der Waals surface area contributed by atoms with E-state index in [0.717, 1.165) is 20.8 Å². The molecule has 0 unspecified atom stereocenters. The van der Waals surface area contributed by atoms with Crippen molar-refractivity contribution in [2.24, 2.45) is 0 Å². The van der Waals surface area contributed by atoms with Crippen molar-refractivity contribution >= 4 is 29.8 Å². The van der Waals surface area contributed by atoms with Crippen LogP contribution in [0.15, 0.2) is 0 Å². The lowest BCUT2D eigenvalue weighted by molar-refractivity contribution is -0.304. The molecule has 0 radical (unpaired) electrons. The molecule has 31 heavy (non-hydrogen) atoms. The van der Waals surface area contributed by atoms with E-state index in [4.69, 9.17) is 28.4 Å². The third-order valence-electron chi connectivity index (χ3n) is 4.25. The Bertz CT molecular complexity index is 694. The van der Waals surface area contributed by atoms with Crippen molar-refractivity contribution in [2.75, 3.05) is 7.11 Å². The van der Waals surface area contributed by atoms with Gasteiger partial charge in [-0.05, 0) is 6.92 Å². The average Bonchev–Trinajstić information content (AvgIpc) is 2.61. The molecular formula is C19H29NO11. The number of carbonyl (C=O) groups is 5. The number of hydrogen-bond acceptors (Lipinski definition) is 11. The monoisotopic (exact) mass is 447 g/mol. The molecule has 1 aliphatic heterocycles. The second-order valence-corrected chi connectivity index (χ2v) is 6.97. The van der Waals surface area contributed by atoms with Crippen LogP contribution in [-0.2, 0) is 52.4 Å². The Morgan fingerprint density at radius 1 is 0.774 bits per heavy atom. The summed E-state index contributed by atoms with van der Waals surface area (Å²) < 4.78 is 32.2. The van der Waals surface area contributed by atoms with Crippen LogP contribution in [-0.4, -0.2) is 79.7 Å². The molecule has 7 atom stereocenters. The number of esters is 4. The number of hydrogen-bond donors (Lipinski definition) is 1. The second-order valence-electron chi connectivity index (χ2n) is 6.97. The Hall–Kier alpha value is -2.73. The van der Waals surface area contributed by atoms with E-state index >= 15 is 0 Å². The summed E-state index contributed by atoms with van der Waals surface area (Å²) in [6.07, 6.45) is -7.37. The summed E-state index contributed by atoms with van der Waals surface area (Å²) >= 11 is 0. The van der Waals surface area contributed by atoms with Crippen molar-refractivity contribution in [1.29, 1.82) is 0 Å². The fourth-order valence-corrected chi connectivity index (χ4v) is 3.32. The lowest BCUT2D eigenvalue weighted by atomic mass is 9.90. The molecule has 0 saturated carbocycles. The van der Waals surface area contributed by atoms with Gasteiger partial charge in [0.05, 0.1) is 6.04 Å². The van der Waals surface area contributed by atoms with Crippen LogP contribution in [0, 0.1) is 0 Å². The molecule has 1 N–H and O–H groups in total. The van der Waals surface area contributed by atoms with Gasteiger partial charge in [0.1, 0.15) is 12.2 Å². The van der Waals surface area contributed by atoms with Gasteiger partial charge in [-0.25, -0.2) is 0 Å². The van der Waals surface area contributed by atoms with E-state index in [1.165, 1.54) is 27.9 Å². The lowest BCUT2D eigenvalue weighted by Gasteiger charge is -2.46. The predicted octanol–water partition coefficient (Wildman–Crippen LogP) is -0.391. The molecule has 1 heterocycles. The Balaban J connectivity index is 3.51. The first kappa shape index (κ1) is 26.3. The summed E-state index contributed by atoms with van der Waals surface area (Å²) in [5, 5.41) is 2.60. The molecule has 0 spiro atoms. The maximum atomic E-state index is 11.8. The fourth-order valence-electron chi connectivity index (χ4n) is 3.32. The molecule has 0 aromatic heterocycles. The average molecular weight is 447 g/mol. The third-order valence-corrected chi connectivity index (χ3v) is 4.25. The summed E-state index contributed by atoms with van der Waals surface area (Å²) in [6.45, 7) is 7.28. The predicted molar refractivity (Wildman–Crippen MR) is 101 cm³/mol. The maximum absolute atomic E-state index is 11.8. The van der Waals surface area contributed by atoms with Crippen molar-refractivity contribution in [3.8, 4) is 0 Å². The minimum absolute atomic E-state index is 0.491. The highest BCUT2D eigenvalue weighted by Gasteiger charge is 2.55. The van der Waals surface area contributed by atoms with Gasteiger partial charge in [-0.2, -0.15) is 0 Å². The van der Waals surface area contributed by atoms with Crippen LogP contribution >= 0.6 is 0 Å². The van der Waals surface area contributed by atoms with Gasteiger partial charge in [-0.1, -0.05) is 0 Å². The highest BCUT2D eigenvalue weighted by atomic mass is 16.7. The first-order valence-corrected chi connectivity index (χ1v) is 9.51. The minimum Gasteiger partial charge on any atom is -0.461 e. The van der Waals surface area contributed by atoms with E-state index in [2.05, 4.69) is 5.32 Å². The number of methoxy groups -OCH3 is 1. The summed E-state index contributed by atoms with van der Waals surface area (Å²) in [7, 11) is 1.26. The number of carbonyl (C=O) groups excluding carboxylic acids is 5. The highest BCUT2D eigenvalue weighted by Crippen LogP contribution is 2.32. The molecule has 0 aliphatic carbocycles. The van der Waals surface area contributed by atoms with E-state index < -0.39 is 72.6 Å². The molecule has 1 aliphatic rings. The molecule has 0 bridgehead atoms. The molecular weight excluding hydrogens is 418 g/mol. The van der Waals surface area contributed by atoms with Crippen LogP contribution in [0.5, 0.6) is 0 Å². The van der Waals surface area contributed by atoms with Crippen LogP contribution in [0.3, 0.4) is 0 Å². The Labute approximate surface area is 179 Å². The summed E-state index contributed by atoms with van der Waals surface area (Å²) in [4.78, 5) is 58.6.